The normalized spacial score (nSPS) is 17.2. The molecular weight excluding hydrogens is 323 g/mol. The summed E-state index contributed by atoms with van der Waals surface area (Å²) >= 11 is 5.74. The van der Waals surface area contributed by atoms with Crippen molar-refractivity contribution in [2.45, 2.75) is 26.3 Å². The number of nitrogens with zero attached hydrogens (tertiary/aromatic N) is 1. The van der Waals surface area contributed by atoms with Crippen molar-refractivity contribution >= 4 is 23.5 Å². The van der Waals surface area contributed by atoms with Crippen LogP contribution in [0.2, 0.25) is 5.02 Å². The van der Waals surface area contributed by atoms with Gasteiger partial charge in [-0.2, -0.15) is 0 Å². The third-order valence-corrected chi connectivity index (χ3v) is 3.92. The quantitative estimate of drug-likeness (QED) is 0.674. The first-order chi connectivity index (χ1) is 10.9. The fraction of sp³-hybridized carbons (Fsp3) is 0.375. The SMILES string of the molecule is CCOC(=O)/C(N)=C1\CCN(Cc2ccc(F)c(Cl)c2)C(=O)C1. The van der Waals surface area contributed by atoms with Crippen LogP contribution in [0.4, 0.5) is 4.39 Å². The average molecular weight is 341 g/mol. The number of esters is 1. The Morgan fingerprint density at radius 1 is 1.48 bits per heavy atom. The second-order valence-corrected chi connectivity index (χ2v) is 5.64. The molecule has 124 valence electrons. The van der Waals surface area contributed by atoms with Crippen molar-refractivity contribution in [3.8, 4) is 0 Å². The molecule has 23 heavy (non-hydrogen) atoms. The van der Waals surface area contributed by atoms with Crippen molar-refractivity contribution < 1.29 is 18.7 Å². The summed E-state index contributed by atoms with van der Waals surface area (Å²) in [5.74, 6) is -1.22. The number of hydrogen-bond acceptors (Lipinski definition) is 4. The lowest BCUT2D eigenvalue weighted by Gasteiger charge is -2.29. The zero-order chi connectivity index (χ0) is 17.0. The molecule has 2 rings (SSSR count). The van der Waals surface area contributed by atoms with Crippen molar-refractivity contribution in [1.29, 1.82) is 0 Å². The van der Waals surface area contributed by atoms with Crippen LogP contribution in [-0.2, 0) is 20.9 Å². The van der Waals surface area contributed by atoms with Crippen molar-refractivity contribution in [3.05, 3.63) is 45.9 Å². The molecule has 0 spiro atoms. The second-order valence-electron chi connectivity index (χ2n) is 5.23. The van der Waals surface area contributed by atoms with E-state index in [4.69, 9.17) is 22.1 Å². The highest BCUT2D eigenvalue weighted by atomic mass is 35.5. The Kier molecular flexibility index (Phi) is 5.60. The van der Waals surface area contributed by atoms with Crippen LogP contribution >= 0.6 is 11.6 Å². The molecule has 0 unspecified atom stereocenters. The smallest absolute Gasteiger partial charge is 0.354 e. The third kappa shape index (κ3) is 4.22. The summed E-state index contributed by atoms with van der Waals surface area (Å²) in [5.41, 5.74) is 7.11. The molecule has 5 nitrogen and oxygen atoms in total. The van der Waals surface area contributed by atoms with Crippen LogP contribution in [-0.4, -0.2) is 29.9 Å². The third-order valence-electron chi connectivity index (χ3n) is 3.63. The molecular formula is C16H18ClFN2O3. The van der Waals surface area contributed by atoms with Crippen molar-refractivity contribution in [2.75, 3.05) is 13.2 Å². The standard InChI is InChI=1S/C16H18ClFN2O3/c1-2-23-16(22)15(19)11-5-6-20(14(21)8-11)9-10-3-4-13(18)12(17)7-10/h3-4,7H,2,5-6,8-9,19H2,1H3/b15-11-. The fourth-order valence-corrected chi connectivity index (χ4v) is 2.59. The van der Waals surface area contributed by atoms with Crippen LogP contribution in [0.5, 0.6) is 0 Å². The number of amides is 1. The molecule has 0 bridgehead atoms. The van der Waals surface area contributed by atoms with Gasteiger partial charge in [-0.1, -0.05) is 17.7 Å². The molecule has 7 heteroatoms. The molecule has 0 aliphatic carbocycles. The van der Waals surface area contributed by atoms with Crippen LogP contribution in [0.1, 0.15) is 25.3 Å². The van der Waals surface area contributed by atoms with Gasteiger partial charge in [0.15, 0.2) is 0 Å². The lowest BCUT2D eigenvalue weighted by atomic mass is 10.0. The first-order valence-corrected chi connectivity index (χ1v) is 7.66. The minimum atomic E-state index is -0.589. The van der Waals surface area contributed by atoms with Gasteiger partial charge in [0.1, 0.15) is 11.5 Å². The molecule has 0 radical (unpaired) electrons. The van der Waals surface area contributed by atoms with E-state index >= 15 is 0 Å². The Bertz CT molecular complexity index is 661. The lowest BCUT2D eigenvalue weighted by molar-refractivity contribution is -0.138. The van der Waals surface area contributed by atoms with Crippen molar-refractivity contribution in [3.63, 3.8) is 0 Å². The fourth-order valence-electron chi connectivity index (χ4n) is 2.39. The van der Waals surface area contributed by atoms with Gasteiger partial charge < -0.3 is 15.4 Å². The van der Waals surface area contributed by atoms with Gasteiger partial charge in [0.05, 0.1) is 18.1 Å². The Balaban J connectivity index is 2.04. The Hall–Kier alpha value is -2.08. The molecule has 1 aromatic carbocycles. The van der Waals surface area contributed by atoms with Crippen LogP contribution in [0.25, 0.3) is 0 Å². The first-order valence-electron chi connectivity index (χ1n) is 7.28. The van der Waals surface area contributed by atoms with E-state index in [0.717, 1.165) is 5.56 Å². The summed E-state index contributed by atoms with van der Waals surface area (Å²) in [6, 6.07) is 4.37. The van der Waals surface area contributed by atoms with Gasteiger partial charge in [0, 0.05) is 13.1 Å². The minimum Gasteiger partial charge on any atom is -0.461 e. The first kappa shape index (κ1) is 17.3. The topological polar surface area (TPSA) is 72.6 Å². The summed E-state index contributed by atoms with van der Waals surface area (Å²) in [4.78, 5) is 25.5. The zero-order valence-electron chi connectivity index (χ0n) is 12.8. The number of likely N-dealkylation sites (tertiary alicyclic amines) is 1. The minimum absolute atomic E-state index is 0.0182. The van der Waals surface area contributed by atoms with E-state index in [9.17, 15) is 14.0 Å². The molecule has 0 aromatic heterocycles. The van der Waals surface area contributed by atoms with Gasteiger partial charge in [-0.3, -0.25) is 4.79 Å². The maximum Gasteiger partial charge on any atom is 0.354 e. The number of carbonyl (C=O) groups excluding carboxylic acids is 2. The number of carbonyl (C=O) groups is 2. The largest absolute Gasteiger partial charge is 0.461 e. The van der Waals surface area contributed by atoms with Crippen LogP contribution < -0.4 is 5.73 Å². The van der Waals surface area contributed by atoms with E-state index in [1.54, 1.807) is 17.9 Å². The summed E-state index contributed by atoms with van der Waals surface area (Å²) in [7, 11) is 0. The van der Waals surface area contributed by atoms with E-state index in [-0.39, 0.29) is 29.7 Å². The van der Waals surface area contributed by atoms with Gasteiger partial charge in [-0.15, -0.1) is 0 Å². The van der Waals surface area contributed by atoms with Crippen molar-refractivity contribution in [1.82, 2.24) is 4.90 Å². The number of ether oxygens (including phenoxy) is 1. The Labute approximate surface area is 138 Å². The molecule has 1 aliphatic rings. The number of halogens is 2. The lowest BCUT2D eigenvalue weighted by Crippen LogP contribution is -2.37. The highest BCUT2D eigenvalue weighted by molar-refractivity contribution is 6.30. The van der Waals surface area contributed by atoms with Gasteiger partial charge in [0.25, 0.3) is 0 Å². The van der Waals surface area contributed by atoms with Crippen LogP contribution in [0.3, 0.4) is 0 Å². The van der Waals surface area contributed by atoms with E-state index in [1.165, 1.54) is 12.1 Å². The van der Waals surface area contributed by atoms with Crippen molar-refractivity contribution in [2.24, 2.45) is 5.73 Å². The van der Waals surface area contributed by atoms with E-state index < -0.39 is 11.8 Å². The van der Waals surface area contributed by atoms with E-state index in [1.807, 2.05) is 0 Å². The summed E-state index contributed by atoms with van der Waals surface area (Å²) in [6.07, 6.45) is 0.588. The van der Waals surface area contributed by atoms with Crippen LogP contribution in [0.15, 0.2) is 29.5 Å². The molecule has 1 amide bonds. The molecule has 1 heterocycles. The van der Waals surface area contributed by atoms with Gasteiger partial charge in [-0.05, 0) is 36.6 Å². The monoisotopic (exact) mass is 340 g/mol. The molecule has 1 aromatic rings. The predicted molar refractivity (Wildman–Crippen MR) is 83.9 cm³/mol. The van der Waals surface area contributed by atoms with Gasteiger partial charge in [-0.25, -0.2) is 9.18 Å². The average Bonchev–Trinajstić information content (AvgIpc) is 2.52. The molecule has 2 N–H and O–H groups in total. The number of piperidine rings is 1. The second kappa shape index (κ2) is 7.46. The number of nitrogens with two attached hydrogens (primary N) is 1. The Morgan fingerprint density at radius 2 is 2.22 bits per heavy atom. The van der Waals surface area contributed by atoms with E-state index in [2.05, 4.69) is 0 Å². The number of benzene rings is 1. The molecule has 0 atom stereocenters. The van der Waals surface area contributed by atoms with Gasteiger partial charge >= 0.3 is 5.97 Å². The van der Waals surface area contributed by atoms with Gasteiger partial charge in [0.2, 0.25) is 5.91 Å². The summed E-state index contributed by atoms with van der Waals surface area (Å²) < 4.78 is 18.0. The molecule has 1 saturated heterocycles. The van der Waals surface area contributed by atoms with Crippen LogP contribution in [0, 0.1) is 5.82 Å². The molecule has 0 saturated carbocycles. The summed E-state index contributed by atoms with van der Waals surface area (Å²) in [6.45, 7) is 2.70. The zero-order valence-corrected chi connectivity index (χ0v) is 13.5. The summed E-state index contributed by atoms with van der Waals surface area (Å²) in [5, 5.41) is 0.0269. The number of hydrogen-bond donors (Lipinski definition) is 1. The Morgan fingerprint density at radius 3 is 2.83 bits per heavy atom. The highest BCUT2D eigenvalue weighted by Gasteiger charge is 2.25. The molecule has 1 aliphatic heterocycles. The highest BCUT2D eigenvalue weighted by Crippen LogP contribution is 2.23. The molecule has 1 fully saturated rings. The predicted octanol–water partition coefficient (Wildman–Crippen LogP) is 2.38. The maximum atomic E-state index is 13.2. The van der Waals surface area contributed by atoms with E-state index in [0.29, 0.717) is 25.1 Å². The maximum absolute atomic E-state index is 13.2. The number of rotatable bonds is 4.